The van der Waals surface area contributed by atoms with Gasteiger partial charge in [-0.2, -0.15) is 0 Å². The van der Waals surface area contributed by atoms with Gasteiger partial charge in [-0.05, 0) is 30.5 Å². The first-order valence-electron chi connectivity index (χ1n) is 10.1. The van der Waals surface area contributed by atoms with Gasteiger partial charge in [0.05, 0.1) is 23.1 Å². The molecular weight excluding hydrogens is 374 g/mol. The van der Waals surface area contributed by atoms with Gasteiger partial charge in [0.2, 0.25) is 5.91 Å². The van der Waals surface area contributed by atoms with E-state index >= 15 is 0 Å². The number of nitrogens with zero attached hydrogens (tertiary/aromatic N) is 3. The molecule has 0 bridgehead atoms. The van der Waals surface area contributed by atoms with Gasteiger partial charge >= 0.3 is 0 Å². The van der Waals surface area contributed by atoms with Crippen molar-refractivity contribution in [3.63, 3.8) is 0 Å². The van der Waals surface area contributed by atoms with Crippen molar-refractivity contribution in [2.75, 3.05) is 24.6 Å². The summed E-state index contributed by atoms with van der Waals surface area (Å²) in [5.74, 6) is 0.533. The van der Waals surface area contributed by atoms with Crippen LogP contribution >= 0.6 is 0 Å². The third-order valence-corrected chi connectivity index (χ3v) is 8.34. The maximum atomic E-state index is 12.9. The Morgan fingerprint density at radius 2 is 1.86 bits per heavy atom. The van der Waals surface area contributed by atoms with Gasteiger partial charge in [0, 0.05) is 43.2 Å². The molecule has 0 spiro atoms. The first-order valence-corrected chi connectivity index (χ1v) is 11.9. The highest BCUT2D eigenvalue weighted by molar-refractivity contribution is 7.91. The quantitative estimate of drug-likeness (QED) is 0.788. The minimum absolute atomic E-state index is 0.101. The van der Waals surface area contributed by atoms with Crippen molar-refractivity contribution >= 4 is 26.6 Å². The van der Waals surface area contributed by atoms with Crippen molar-refractivity contribution in [2.24, 2.45) is 5.92 Å². The van der Waals surface area contributed by atoms with E-state index < -0.39 is 9.84 Å². The van der Waals surface area contributed by atoms with Crippen LogP contribution in [0, 0.1) is 5.92 Å². The first kappa shape index (κ1) is 18.1. The number of fused-ring (bicyclic) bond motifs is 2. The predicted molar refractivity (Wildman–Crippen MR) is 107 cm³/mol. The zero-order valence-electron chi connectivity index (χ0n) is 15.8. The van der Waals surface area contributed by atoms with Crippen molar-refractivity contribution in [1.82, 2.24) is 14.8 Å². The van der Waals surface area contributed by atoms with E-state index in [0.29, 0.717) is 19.6 Å². The van der Waals surface area contributed by atoms with Crippen LogP contribution in [0.2, 0.25) is 0 Å². The minimum Gasteiger partial charge on any atom is -0.336 e. The number of para-hydroxylation sites is 1. The van der Waals surface area contributed by atoms with Crippen LogP contribution in [0.15, 0.2) is 36.5 Å². The number of carbonyl (C=O) groups is 1. The number of benzene rings is 1. The number of aromatic nitrogens is 1. The second kappa shape index (κ2) is 6.81. The summed E-state index contributed by atoms with van der Waals surface area (Å²) in [6, 6.07) is 9.74. The van der Waals surface area contributed by atoms with Gasteiger partial charge < -0.3 is 4.90 Å². The number of amides is 1. The van der Waals surface area contributed by atoms with E-state index in [-0.39, 0.29) is 35.4 Å². The predicted octanol–water partition coefficient (Wildman–Crippen LogP) is 1.84. The lowest BCUT2D eigenvalue weighted by Gasteiger charge is -2.46. The van der Waals surface area contributed by atoms with Crippen molar-refractivity contribution in [2.45, 2.75) is 37.9 Å². The van der Waals surface area contributed by atoms with Crippen molar-refractivity contribution in [3.8, 4) is 0 Å². The zero-order chi connectivity index (χ0) is 19.3. The Morgan fingerprint density at radius 3 is 2.64 bits per heavy atom. The first-order chi connectivity index (χ1) is 13.5. The Bertz CT molecular complexity index is 1010. The standard InChI is InChI=1S/C21H25N3O3S/c25-21(15-4-3-5-15)24-11-10-23(19-13-28(26,27)14-20(19)24)12-16-8-9-22-18-7-2-1-6-17(16)18/h1-2,6-9,15,19-20H,3-5,10-14H2/t19-,20+/m0/s1. The molecule has 6 nitrogen and oxygen atoms in total. The van der Waals surface area contributed by atoms with Crippen LogP contribution in [-0.2, 0) is 21.2 Å². The molecule has 0 radical (unpaired) electrons. The number of sulfone groups is 1. The number of pyridine rings is 1. The van der Waals surface area contributed by atoms with Gasteiger partial charge in [0.1, 0.15) is 0 Å². The number of hydrogen-bond acceptors (Lipinski definition) is 5. The Morgan fingerprint density at radius 1 is 1.07 bits per heavy atom. The van der Waals surface area contributed by atoms with Crippen molar-refractivity contribution in [1.29, 1.82) is 0 Å². The summed E-state index contributed by atoms with van der Waals surface area (Å²) in [7, 11) is -3.13. The maximum absolute atomic E-state index is 12.9. The van der Waals surface area contributed by atoms with Gasteiger partial charge in [0.15, 0.2) is 9.84 Å². The fraction of sp³-hybridized carbons (Fsp3) is 0.524. The Hall–Kier alpha value is -1.99. The lowest BCUT2D eigenvalue weighted by atomic mass is 9.83. The molecule has 1 aromatic heterocycles. The second-order valence-corrected chi connectivity index (χ2v) is 10.5. The Kier molecular flexibility index (Phi) is 4.39. The molecule has 1 saturated carbocycles. The number of rotatable bonds is 3. The third-order valence-electron chi connectivity index (χ3n) is 6.64. The molecule has 2 atom stereocenters. The van der Waals surface area contributed by atoms with Crippen LogP contribution in [0.4, 0.5) is 0 Å². The molecule has 2 saturated heterocycles. The Labute approximate surface area is 165 Å². The smallest absolute Gasteiger partial charge is 0.226 e. The second-order valence-electron chi connectivity index (χ2n) is 8.33. The van der Waals surface area contributed by atoms with Crippen LogP contribution in [0.25, 0.3) is 10.9 Å². The highest BCUT2D eigenvalue weighted by Gasteiger charge is 2.49. The van der Waals surface area contributed by atoms with Crippen LogP contribution in [0.1, 0.15) is 24.8 Å². The molecule has 7 heteroatoms. The van der Waals surface area contributed by atoms with Gasteiger partial charge in [-0.15, -0.1) is 0 Å². The lowest BCUT2D eigenvalue weighted by molar-refractivity contribution is -0.144. The summed E-state index contributed by atoms with van der Waals surface area (Å²) in [6.07, 6.45) is 4.83. The normalized spacial score (nSPS) is 27.5. The average molecular weight is 400 g/mol. The summed E-state index contributed by atoms with van der Waals surface area (Å²) in [4.78, 5) is 21.5. The molecule has 0 unspecified atom stereocenters. The summed E-state index contributed by atoms with van der Waals surface area (Å²) in [5, 5.41) is 1.11. The van der Waals surface area contributed by atoms with Crippen LogP contribution in [0.5, 0.6) is 0 Å². The maximum Gasteiger partial charge on any atom is 0.226 e. The minimum atomic E-state index is -3.13. The molecule has 0 N–H and O–H groups in total. The molecule has 148 valence electrons. The molecule has 2 aliphatic heterocycles. The molecular formula is C21H25N3O3S. The highest BCUT2D eigenvalue weighted by atomic mass is 32.2. The molecule has 3 heterocycles. The molecule has 1 aliphatic carbocycles. The fourth-order valence-electron chi connectivity index (χ4n) is 4.90. The third kappa shape index (κ3) is 3.10. The van der Waals surface area contributed by atoms with E-state index in [9.17, 15) is 13.2 Å². The summed E-state index contributed by atoms with van der Waals surface area (Å²) >= 11 is 0. The van der Waals surface area contributed by atoms with E-state index in [1.807, 2.05) is 35.4 Å². The van der Waals surface area contributed by atoms with E-state index in [1.165, 1.54) is 0 Å². The monoisotopic (exact) mass is 399 g/mol. The van der Waals surface area contributed by atoms with E-state index in [0.717, 1.165) is 35.7 Å². The molecule has 1 amide bonds. The molecule has 1 aromatic carbocycles. The molecule has 2 aromatic rings. The van der Waals surface area contributed by atoms with Gasteiger partial charge in [-0.3, -0.25) is 14.7 Å². The molecule has 3 aliphatic rings. The lowest BCUT2D eigenvalue weighted by Crippen LogP contribution is -2.61. The van der Waals surface area contributed by atoms with Gasteiger partial charge in [-0.25, -0.2) is 8.42 Å². The number of piperazine rings is 1. The topological polar surface area (TPSA) is 70.6 Å². The number of carbonyl (C=O) groups excluding carboxylic acids is 1. The average Bonchev–Trinajstić information content (AvgIpc) is 2.96. The van der Waals surface area contributed by atoms with Gasteiger partial charge in [-0.1, -0.05) is 24.6 Å². The Balaban J connectivity index is 1.42. The molecule has 3 fully saturated rings. The highest BCUT2D eigenvalue weighted by Crippen LogP contribution is 2.34. The van der Waals surface area contributed by atoms with E-state index in [1.54, 1.807) is 0 Å². The van der Waals surface area contributed by atoms with E-state index in [4.69, 9.17) is 0 Å². The van der Waals surface area contributed by atoms with Crippen LogP contribution in [0.3, 0.4) is 0 Å². The van der Waals surface area contributed by atoms with Crippen LogP contribution < -0.4 is 0 Å². The summed E-state index contributed by atoms with van der Waals surface area (Å²) in [6.45, 7) is 2.02. The zero-order valence-corrected chi connectivity index (χ0v) is 16.6. The SMILES string of the molecule is O=C(C1CCC1)N1CCN(Cc2ccnc3ccccc23)[C@H]2CS(=O)(=O)C[C@H]21. The van der Waals surface area contributed by atoms with Crippen molar-refractivity contribution < 1.29 is 13.2 Å². The summed E-state index contributed by atoms with van der Waals surface area (Å²) in [5.41, 5.74) is 2.11. The van der Waals surface area contributed by atoms with Crippen molar-refractivity contribution in [3.05, 3.63) is 42.1 Å². The van der Waals surface area contributed by atoms with E-state index in [2.05, 4.69) is 16.0 Å². The van der Waals surface area contributed by atoms with Crippen LogP contribution in [-0.4, -0.2) is 65.8 Å². The fourth-order valence-corrected chi connectivity index (χ4v) is 6.91. The number of hydrogen-bond donors (Lipinski definition) is 0. The largest absolute Gasteiger partial charge is 0.336 e. The molecule has 28 heavy (non-hydrogen) atoms. The van der Waals surface area contributed by atoms with Gasteiger partial charge in [0.25, 0.3) is 0 Å². The summed E-state index contributed by atoms with van der Waals surface area (Å²) < 4.78 is 24.9. The molecule has 5 rings (SSSR count).